The summed E-state index contributed by atoms with van der Waals surface area (Å²) < 4.78 is 0. The highest BCUT2D eigenvalue weighted by molar-refractivity contribution is 7.99. The van der Waals surface area contributed by atoms with Gasteiger partial charge in [-0.2, -0.15) is 0 Å². The fourth-order valence-corrected chi connectivity index (χ4v) is 0.990. The van der Waals surface area contributed by atoms with Crippen LogP contribution in [0.15, 0.2) is 0 Å². The Bertz CT molecular complexity index is 95.0. The highest BCUT2D eigenvalue weighted by atomic mass is 32.2. The molecule has 0 rings (SSSR count). The molecule has 0 aromatic carbocycles. The molecule has 0 aromatic heterocycles. The van der Waals surface area contributed by atoms with Gasteiger partial charge in [0.25, 0.3) is 0 Å². The van der Waals surface area contributed by atoms with Gasteiger partial charge in [0.05, 0.1) is 11.9 Å². The molecule has 9 heavy (non-hydrogen) atoms. The van der Waals surface area contributed by atoms with Gasteiger partial charge in [0, 0.05) is 5.75 Å². The highest BCUT2D eigenvalue weighted by Gasteiger charge is 1.97. The lowest BCUT2D eigenvalue weighted by atomic mass is 10.5. The lowest BCUT2D eigenvalue weighted by Gasteiger charge is -1.99. The molecular weight excluding hydrogens is 138 g/mol. The highest BCUT2D eigenvalue weighted by Crippen LogP contribution is 2.00. The number of hydrogen-bond acceptors (Lipinski definition) is 3. The normalized spacial score (nSPS) is 13.1. The number of carbonyl (C=O) groups is 1. The van der Waals surface area contributed by atoms with Gasteiger partial charge in [-0.3, -0.25) is 4.79 Å². The summed E-state index contributed by atoms with van der Waals surface area (Å²) in [4.78, 5) is 10.1. The summed E-state index contributed by atoms with van der Waals surface area (Å²) in [7, 11) is 0. The number of hydrogen-bond donors (Lipinski definition) is 2. The SMILES string of the molecule is CC(O)CSCC(N)=O. The number of rotatable bonds is 4. The van der Waals surface area contributed by atoms with Gasteiger partial charge in [0.2, 0.25) is 5.91 Å². The molecule has 54 valence electrons. The zero-order valence-corrected chi connectivity index (χ0v) is 6.15. The van der Waals surface area contributed by atoms with Gasteiger partial charge in [0.1, 0.15) is 0 Å². The summed E-state index contributed by atoms with van der Waals surface area (Å²) >= 11 is 1.34. The quantitative estimate of drug-likeness (QED) is 0.571. The van der Waals surface area contributed by atoms with Crippen molar-refractivity contribution in [3.63, 3.8) is 0 Å². The van der Waals surface area contributed by atoms with E-state index in [1.807, 2.05) is 0 Å². The Morgan fingerprint density at radius 3 is 2.78 bits per heavy atom. The minimum absolute atomic E-state index is 0.297. The van der Waals surface area contributed by atoms with Crippen molar-refractivity contribution < 1.29 is 9.90 Å². The molecule has 1 unspecified atom stereocenters. The van der Waals surface area contributed by atoms with Gasteiger partial charge >= 0.3 is 0 Å². The number of aliphatic hydroxyl groups is 1. The number of carbonyl (C=O) groups excluding carboxylic acids is 1. The lowest BCUT2D eigenvalue weighted by Crippen LogP contribution is -2.15. The Hall–Kier alpha value is -0.220. The zero-order chi connectivity index (χ0) is 7.28. The van der Waals surface area contributed by atoms with Crippen molar-refractivity contribution in [3.05, 3.63) is 0 Å². The Balaban J connectivity index is 3.01. The maximum absolute atomic E-state index is 10.1. The molecule has 0 aromatic rings. The fourth-order valence-electron chi connectivity index (χ4n) is 0.330. The van der Waals surface area contributed by atoms with Crippen LogP contribution in [0.1, 0.15) is 6.92 Å². The fraction of sp³-hybridized carbons (Fsp3) is 0.800. The van der Waals surface area contributed by atoms with Crippen molar-refractivity contribution in [1.29, 1.82) is 0 Å². The van der Waals surface area contributed by atoms with Crippen molar-refractivity contribution in [2.75, 3.05) is 11.5 Å². The lowest BCUT2D eigenvalue weighted by molar-refractivity contribution is -0.115. The van der Waals surface area contributed by atoms with E-state index in [0.29, 0.717) is 11.5 Å². The molecule has 0 saturated carbocycles. The van der Waals surface area contributed by atoms with E-state index in [4.69, 9.17) is 10.8 Å². The van der Waals surface area contributed by atoms with Gasteiger partial charge < -0.3 is 10.8 Å². The van der Waals surface area contributed by atoms with Crippen LogP contribution in [0.2, 0.25) is 0 Å². The van der Waals surface area contributed by atoms with Gasteiger partial charge in [0.15, 0.2) is 0 Å². The third-order valence-electron chi connectivity index (χ3n) is 0.603. The molecule has 0 aliphatic rings. The zero-order valence-electron chi connectivity index (χ0n) is 5.33. The van der Waals surface area contributed by atoms with Gasteiger partial charge in [-0.05, 0) is 6.92 Å². The van der Waals surface area contributed by atoms with E-state index in [9.17, 15) is 4.79 Å². The van der Waals surface area contributed by atoms with Gasteiger partial charge in [-0.1, -0.05) is 0 Å². The molecule has 1 atom stereocenters. The minimum atomic E-state index is -0.352. The molecule has 0 saturated heterocycles. The number of nitrogens with two attached hydrogens (primary N) is 1. The molecular formula is C5H11NO2S. The van der Waals surface area contributed by atoms with Gasteiger partial charge in [-0.15, -0.1) is 11.8 Å². The first-order valence-electron chi connectivity index (χ1n) is 2.67. The summed E-state index contributed by atoms with van der Waals surface area (Å²) in [5.74, 6) is 0.536. The summed E-state index contributed by atoms with van der Waals surface area (Å²) in [5.41, 5.74) is 4.84. The molecule has 4 heteroatoms. The number of aliphatic hydroxyl groups excluding tert-OH is 1. The third kappa shape index (κ3) is 7.78. The molecule has 0 spiro atoms. The van der Waals surface area contributed by atoms with Crippen LogP contribution in [-0.2, 0) is 4.79 Å². The van der Waals surface area contributed by atoms with Crippen molar-refractivity contribution >= 4 is 17.7 Å². The summed E-state index contributed by atoms with van der Waals surface area (Å²) in [6, 6.07) is 0. The molecule has 3 nitrogen and oxygen atoms in total. The van der Waals surface area contributed by atoms with Crippen molar-refractivity contribution in [1.82, 2.24) is 0 Å². The van der Waals surface area contributed by atoms with E-state index in [1.54, 1.807) is 6.92 Å². The van der Waals surface area contributed by atoms with Crippen LogP contribution < -0.4 is 5.73 Å². The van der Waals surface area contributed by atoms with Crippen LogP contribution in [0, 0.1) is 0 Å². The van der Waals surface area contributed by atoms with E-state index in [0.717, 1.165) is 0 Å². The summed E-state index contributed by atoms with van der Waals surface area (Å²) in [6.07, 6.45) is -0.352. The number of thioether (sulfide) groups is 1. The molecule has 0 aliphatic carbocycles. The summed E-state index contributed by atoms with van der Waals surface area (Å²) in [5, 5.41) is 8.69. The molecule has 0 aliphatic heterocycles. The Kier molecular flexibility index (Phi) is 4.53. The Morgan fingerprint density at radius 2 is 2.44 bits per heavy atom. The van der Waals surface area contributed by atoms with Crippen LogP contribution in [-0.4, -0.2) is 28.6 Å². The predicted molar refractivity (Wildman–Crippen MR) is 38.2 cm³/mol. The molecule has 3 N–H and O–H groups in total. The maximum Gasteiger partial charge on any atom is 0.227 e. The first-order chi connectivity index (χ1) is 4.13. The molecule has 1 amide bonds. The average Bonchev–Trinajstić information content (AvgIpc) is 1.63. The first kappa shape index (κ1) is 8.78. The monoisotopic (exact) mass is 149 g/mol. The predicted octanol–water partition coefficient (Wildman–Crippen LogP) is -0.414. The number of primary amides is 1. The van der Waals surface area contributed by atoms with Crippen LogP contribution in [0.3, 0.4) is 0 Å². The van der Waals surface area contributed by atoms with Crippen molar-refractivity contribution in [2.45, 2.75) is 13.0 Å². The van der Waals surface area contributed by atoms with E-state index >= 15 is 0 Å². The number of amides is 1. The van der Waals surface area contributed by atoms with Crippen LogP contribution in [0.4, 0.5) is 0 Å². The molecule has 0 fully saturated rings. The smallest absolute Gasteiger partial charge is 0.227 e. The first-order valence-corrected chi connectivity index (χ1v) is 3.82. The Labute approximate surface area is 58.6 Å². The average molecular weight is 149 g/mol. The van der Waals surface area contributed by atoms with E-state index < -0.39 is 0 Å². The van der Waals surface area contributed by atoms with Crippen LogP contribution >= 0.6 is 11.8 Å². The molecule has 0 bridgehead atoms. The van der Waals surface area contributed by atoms with Crippen molar-refractivity contribution in [2.24, 2.45) is 5.73 Å². The maximum atomic E-state index is 10.1. The van der Waals surface area contributed by atoms with E-state index in [1.165, 1.54) is 11.8 Å². The van der Waals surface area contributed by atoms with E-state index in [2.05, 4.69) is 0 Å². The second-order valence-electron chi connectivity index (χ2n) is 1.83. The van der Waals surface area contributed by atoms with E-state index in [-0.39, 0.29) is 12.0 Å². The third-order valence-corrected chi connectivity index (χ3v) is 1.81. The summed E-state index contributed by atoms with van der Waals surface area (Å²) in [6.45, 7) is 1.67. The molecule has 0 heterocycles. The van der Waals surface area contributed by atoms with Crippen molar-refractivity contribution in [3.8, 4) is 0 Å². The molecule has 0 radical (unpaired) electrons. The largest absolute Gasteiger partial charge is 0.393 e. The standard InChI is InChI=1S/C5H11NO2S/c1-4(7)2-9-3-5(6)8/h4,7H,2-3H2,1H3,(H2,6,8). The van der Waals surface area contributed by atoms with Gasteiger partial charge in [-0.25, -0.2) is 0 Å². The second-order valence-corrected chi connectivity index (χ2v) is 2.86. The Morgan fingerprint density at radius 1 is 1.89 bits per heavy atom. The minimum Gasteiger partial charge on any atom is -0.393 e. The van der Waals surface area contributed by atoms with Crippen LogP contribution in [0.25, 0.3) is 0 Å². The topological polar surface area (TPSA) is 63.3 Å². The van der Waals surface area contributed by atoms with Crippen LogP contribution in [0.5, 0.6) is 0 Å². The second kappa shape index (κ2) is 4.64.